The van der Waals surface area contributed by atoms with Gasteiger partial charge in [0, 0.05) is 12.8 Å². The number of carbonyl (C=O) groups excluding carboxylic acids is 2. The highest BCUT2D eigenvalue weighted by atomic mass is 16.6. The van der Waals surface area contributed by atoms with Crippen molar-refractivity contribution in [2.45, 2.75) is 96.3 Å². The maximum Gasteiger partial charge on any atom is 0.313 e. The molecule has 1 aliphatic heterocycles. The van der Waals surface area contributed by atoms with Crippen LogP contribution in [0, 0.1) is 0 Å². The van der Waals surface area contributed by atoms with Gasteiger partial charge in [-0.2, -0.15) is 0 Å². The Morgan fingerprint density at radius 3 is 1.64 bits per heavy atom. The van der Waals surface area contributed by atoms with E-state index in [0.29, 0.717) is 19.3 Å². The van der Waals surface area contributed by atoms with Gasteiger partial charge in [0.1, 0.15) is 0 Å². The lowest BCUT2D eigenvalue weighted by atomic mass is 10.0. The zero-order valence-electron chi connectivity index (χ0n) is 14.0. The average Bonchev–Trinajstić information content (AvgIpc) is 2.49. The first-order chi connectivity index (χ1) is 10.8. The van der Waals surface area contributed by atoms with Crippen molar-refractivity contribution in [1.82, 2.24) is 0 Å². The van der Waals surface area contributed by atoms with Gasteiger partial charge in [0.25, 0.3) is 0 Å². The normalized spacial score (nSPS) is 23.5. The van der Waals surface area contributed by atoms with Gasteiger partial charge in [-0.3, -0.25) is 9.59 Å². The summed E-state index contributed by atoms with van der Waals surface area (Å²) in [5, 5.41) is 0. The van der Waals surface area contributed by atoms with E-state index < -0.39 is 0 Å². The molecular weight excluding hydrogens is 276 g/mol. The highest BCUT2D eigenvalue weighted by molar-refractivity contribution is 5.85. The summed E-state index contributed by atoms with van der Waals surface area (Å²) < 4.78 is 4.82. The van der Waals surface area contributed by atoms with E-state index in [1.54, 1.807) is 0 Å². The molecule has 3 heteroatoms. The van der Waals surface area contributed by atoms with Crippen LogP contribution < -0.4 is 0 Å². The zero-order chi connectivity index (χ0) is 15.9. The maximum atomic E-state index is 11.5. The number of ether oxygens (including phenoxy) is 1. The largest absolute Gasteiger partial charge is 0.393 e. The average molecular weight is 308 g/mol. The van der Waals surface area contributed by atoms with Gasteiger partial charge < -0.3 is 4.74 Å². The molecule has 0 N–H and O–H groups in total. The van der Waals surface area contributed by atoms with Gasteiger partial charge in [0.2, 0.25) is 0 Å². The van der Waals surface area contributed by atoms with E-state index in [2.05, 4.69) is 6.08 Å². The molecule has 0 atom stereocenters. The minimum Gasteiger partial charge on any atom is -0.393 e. The van der Waals surface area contributed by atoms with E-state index in [1.165, 1.54) is 57.8 Å². The molecule has 0 spiro atoms. The van der Waals surface area contributed by atoms with Crippen LogP contribution in [-0.4, -0.2) is 11.9 Å². The molecule has 0 saturated heterocycles. The molecule has 126 valence electrons. The van der Waals surface area contributed by atoms with Crippen LogP contribution in [0.25, 0.3) is 0 Å². The van der Waals surface area contributed by atoms with Crippen molar-refractivity contribution in [3.63, 3.8) is 0 Å². The molecule has 0 unspecified atom stereocenters. The van der Waals surface area contributed by atoms with Crippen molar-refractivity contribution < 1.29 is 14.3 Å². The predicted molar refractivity (Wildman–Crippen MR) is 89.5 cm³/mol. The Balaban J connectivity index is 2.25. The maximum absolute atomic E-state index is 11.5. The molecule has 0 aromatic carbocycles. The minimum atomic E-state index is -0.385. The summed E-state index contributed by atoms with van der Waals surface area (Å²) >= 11 is 0. The smallest absolute Gasteiger partial charge is 0.313 e. The number of carbonyl (C=O) groups is 2. The second-order valence-corrected chi connectivity index (χ2v) is 6.28. The third-order valence-electron chi connectivity index (χ3n) is 4.16. The van der Waals surface area contributed by atoms with Crippen LogP contribution in [0.1, 0.15) is 96.3 Å². The van der Waals surface area contributed by atoms with Gasteiger partial charge in [0.05, 0.1) is 0 Å². The zero-order valence-corrected chi connectivity index (χ0v) is 14.0. The molecule has 0 aromatic rings. The lowest BCUT2D eigenvalue weighted by Gasteiger charge is -2.04. The van der Waals surface area contributed by atoms with Crippen molar-refractivity contribution in [3.05, 3.63) is 12.2 Å². The lowest BCUT2D eigenvalue weighted by Crippen LogP contribution is -2.11. The minimum absolute atomic E-state index is 0.308. The van der Waals surface area contributed by atoms with Crippen molar-refractivity contribution >= 4 is 11.9 Å². The summed E-state index contributed by atoms with van der Waals surface area (Å²) in [6.45, 7) is 0. The van der Waals surface area contributed by atoms with Gasteiger partial charge in [-0.1, -0.05) is 69.9 Å². The molecule has 0 amide bonds. The first kappa shape index (κ1) is 18.9. The Kier molecular flexibility index (Phi) is 11.6. The number of allylic oxidation sites excluding steroid dienone is 2. The van der Waals surface area contributed by atoms with E-state index in [9.17, 15) is 9.59 Å². The van der Waals surface area contributed by atoms with Crippen LogP contribution in [0.2, 0.25) is 0 Å². The SMILES string of the molecule is O=C1CC/C=C\CCCCCCCCCCCCCC(=O)O1. The molecule has 0 saturated carbocycles. The van der Waals surface area contributed by atoms with Crippen LogP contribution in [0.5, 0.6) is 0 Å². The lowest BCUT2D eigenvalue weighted by molar-refractivity contribution is -0.159. The summed E-state index contributed by atoms with van der Waals surface area (Å²) in [5.41, 5.74) is 0. The second-order valence-electron chi connectivity index (χ2n) is 6.28. The van der Waals surface area contributed by atoms with Gasteiger partial charge in [-0.15, -0.1) is 0 Å². The number of esters is 2. The number of hydrogen-bond acceptors (Lipinski definition) is 3. The molecule has 0 bridgehead atoms. The van der Waals surface area contributed by atoms with Gasteiger partial charge >= 0.3 is 11.9 Å². The van der Waals surface area contributed by atoms with Gasteiger partial charge in [0.15, 0.2) is 0 Å². The van der Waals surface area contributed by atoms with E-state index >= 15 is 0 Å². The molecule has 3 nitrogen and oxygen atoms in total. The quantitative estimate of drug-likeness (QED) is 0.338. The first-order valence-electron chi connectivity index (χ1n) is 9.17. The Morgan fingerprint density at radius 1 is 0.545 bits per heavy atom. The fraction of sp³-hybridized carbons (Fsp3) is 0.789. The molecule has 1 rings (SSSR count). The molecular formula is C19H32O3. The number of hydrogen-bond donors (Lipinski definition) is 0. The predicted octanol–water partition coefficient (Wildman–Crippen LogP) is 5.48. The molecule has 1 aliphatic rings. The summed E-state index contributed by atoms with van der Waals surface area (Å²) in [6, 6.07) is 0. The summed E-state index contributed by atoms with van der Waals surface area (Å²) in [6.07, 6.45) is 20.3. The molecule has 0 radical (unpaired) electrons. The Labute approximate surface area is 135 Å². The number of cyclic esters (lactones) is 2. The van der Waals surface area contributed by atoms with E-state index in [1.807, 2.05) is 6.08 Å². The summed E-state index contributed by atoms with van der Waals surface area (Å²) in [7, 11) is 0. The van der Waals surface area contributed by atoms with Crippen molar-refractivity contribution in [2.24, 2.45) is 0 Å². The van der Waals surface area contributed by atoms with Crippen LogP contribution in [-0.2, 0) is 14.3 Å². The van der Waals surface area contributed by atoms with Crippen LogP contribution in [0.4, 0.5) is 0 Å². The Hall–Kier alpha value is -1.12. The van der Waals surface area contributed by atoms with Crippen LogP contribution in [0.15, 0.2) is 12.2 Å². The van der Waals surface area contributed by atoms with Gasteiger partial charge in [-0.25, -0.2) is 0 Å². The third kappa shape index (κ3) is 11.5. The van der Waals surface area contributed by atoms with Crippen LogP contribution >= 0.6 is 0 Å². The highest BCUT2D eigenvalue weighted by Gasteiger charge is 2.09. The topological polar surface area (TPSA) is 43.4 Å². The second kappa shape index (κ2) is 13.5. The van der Waals surface area contributed by atoms with E-state index in [4.69, 9.17) is 4.74 Å². The molecule has 0 aromatic heterocycles. The third-order valence-corrected chi connectivity index (χ3v) is 4.16. The van der Waals surface area contributed by atoms with Crippen molar-refractivity contribution in [3.8, 4) is 0 Å². The molecule has 0 fully saturated rings. The highest BCUT2D eigenvalue weighted by Crippen LogP contribution is 2.13. The fourth-order valence-corrected chi connectivity index (χ4v) is 2.79. The molecule has 1 heterocycles. The fourth-order valence-electron chi connectivity index (χ4n) is 2.79. The summed E-state index contributed by atoms with van der Waals surface area (Å²) in [4.78, 5) is 23.0. The standard InChI is InChI=1S/C19H32O3/c20-18-16-14-12-10-8-6-4-2-1-3-5-7-9-11-13-15-17-19(21)22-18/h10,12H,1-9,11,13-17H2/b12-10-. The Bertz CT molecular complexity index is 334. The van der Waals surface area contributed by atoms with Crippen LogP contribution in [0.3, 0.4) is 0 Å². The molecule has 0 aliphatic carbocycles. The van der Waals surface area contributed by atoms with Crippen molar-refractivity contribution in [1.29, 1.82) is 0 Å². The van der Waals surface area contributed by atoms with Crippen molar-refractivity contribution in [2.75, 3.05) is 0 Å². The Morgan fingerprint density at radius 2 is 1.00 bits per heavy atom. The van der Waals surface area contributed by atoms with E-state index in [0.717, 1.165) is 19.3 Å². The van der Waals surface area contributed by atoms with Gasteiger partial charge in [-0.05, 0) is 25.7 Å². The monoisotopic (exact) mass is 308 g/mol. The molecule has 22 heavy (non-hydrogen) atoms. The number of rotatable bonds is 0. The summed E-state index contributed by atoms with van der Waals surface area (Å²) in [5.74, 6) is -0.743. The van der Waals surface area contributed by atoms with E-state index in [-0.39, 0.29) is 11.9 Å². The first-order valence-corrected chi connectivity index (χ1v) is 9.17.